The van der Waals surface area contributed by atoms with Crippen molar-refractivity contribution in [3.05, 3.63) is 0 Å². The van der Waals surface area contributed by atoms with Crippen LogP contribution in [0.15, 0.2) is 4.99 Å². The van der Waals surface area contributed by atoms with Gasteiger partial charge in [-0.2, -0.15) is 11.8 Å². The summed E-state index contributed by atoms with van der Waals surface area (Å²) < 4.78 is 0. The first-order valence-corrected chi connectivity index (χ1v) is 39.9. The number of carboxylic acid groups (broad SMARTS) is 2. The Morgan fingerprint density at radius 2 is 0.812 bits per heavy atom. The van der Waals surface area contributed by atoms with Crippen LogP contribution in [0.2, 0.25) is 0 Å². The second-order valence-electron chi connectivity index (χ2n) is 28.0. The molecule has 0 fully saturated rings. The second kappa shape index (κ2) is 57.3. The largest absolute Gasteiger partial charge is 0.481 e. The number of aliphatic hydroxyl groups is 2. The van der Waals surface area contributed by atoms with E-state index in [2.05, 4.69) is 90.1 Å². The van der Waals surface area contributed by atoms with Gasteiger partial charge in [0.1, 0.15) is 72.5 Å². The molecule has 0 bridgehead atoms. The van der Waals surface area contributed by atoms with Gasteiger partial charge in [0.2, 0.25) is 106 Å². The highest BCUT2D eigenvalue weighted by molar-refractivity contribution is 8.00. The van der Waals surface area contributed by atoms with Crippen molar-refractivity contribution in [2.45, 2.75) is 205 Å². The summed E-state index contributed by atoms with van der Waals surface area (Å²) in [6.45, 7) is 6.93. The molecule has 47 nitrogen and oxygen atoms in total. The fourth-order valence-electron chi connectivity index (χ4n) is 10.2. The zero-order valence-electron chi connectivity index (χ0n) is 67.0. The van der Waals surface area contributed by atoms with Crippen LogP contribution in [0.3, 0.4) is 0 Å². The van der Waals surface area contributed by atoms with E-state index in [1.54, 1.807) is 27.7 Å². The molecule has 0 aromatic heterocycles. The van der Waals surface area contributed by atoms with Crippen LogP contribution >= 0.6 is 23.5 Å². The van der Waals surface area contributed by atoms with E-state index < -0.39 is 267 Å². The van der Waals surface area contributed by atoms with Crippen molar-refractivity contribution in [3.63, 3.8) is 0 Å². The molecule has 32 N–H and O–H groups in total. The summed E-state index contributed by atoms with van der Waals surface area (Å²) in [5, 5.41) is 77.0. The zero-order valence-corrected chi connectivity index (χ0v) is 68.6. The maximum atomic E-state index is 14.0. The lowest BCUT2D eigenvalue weighted by molar-refractivity contribution is -0.142. The molecule has 0 aromatic carbocycles. The van der Waals surface area contributed by atoms with Crippen molar-refractivity contribution in [2.75, 3.05) is 76.0 Å². The lowest BCUT2D eigenvalue weighted by Gasteiger charge is -2.28. The van der Waals surface area contributed by atoms with Crippen LogP contribution < -0.4 is 119 Å². The SMILES string of the molecule is CSCC[C@H](N)C(=O)NCC(=O)N[C@@H](C)C(=O)N[C@@H](CCCN=C(N)N)C(=O)N[C@@H](C)C(=O)N[C@@H](CO)C(=O)N[C@H](C(=O)N[C@@H](CC(C)C)C(=O)N[C@@H](CO)C(=O)NCC(=O)NCC(=O)N[C@@H](CCC(=O)O)C(=O)N[C@@H](CC(C)C)C(=O)N[C@@H](CC(=O)O)C(=O)N[C@@H](CCCCN)C(=O)NCC(=O)N[C@@H](CSCC(N)=O)C(N)=O)C(C)C. The predicted octanol–water partition coefficient (Wildman–Crippen LogP) is -11.7. The van der Waals surface area contributed by atoms with Crippen LogP contribution in [-0.4, -0.2) is 299 Å². The molecule has 13 atom stereocenters. The number of carbonyl (C=O) groups excluding carboxylic acids is 18. The van der Waals surface area contributed by atoms with Crippen molar-refractivity contribution in [1.29, 1.82) is 0 Å². The van der Waals surface area contributed by atoms with Crippen molar-refractivity contribution in [1.82, 2.24) is 85.1 Å². The highest BCUT2D eigenvalue weighted by Gasteiger charge is 2.37. The molecular weight excluding hydrogens is 1590 g/mol. The fraction of sp³-hybridized carbons (Fsp3) is 0.691. The maximum Gasteiger partial charge on any atom is 0.305 e. The van der Waals surface area contributed by atoms with Gasteiger partial charge >= 0.3 is 11.9 Å². The van der Waals surface area contributed by atoms with Crippen LogP contribution in [0.5, 0.6) is 0 Å². The van der Waals surface area contributed by atoms with E-state index in [1.807, 2.05) is 6.26 Å². The van der Waals surface area contributed by atoms with Gasteiger partial charge < -0.3 is 140 Å². The van der Waals surface area contributed by atoms with E-state index >= 15 is 0 Å². The first kappa shape index (κ1) is 106. The summed E-state index contributed by atoms with van der Waals surface area (Å²) in [6, 6.07) is -19.6. The van der Waals surface area contributed by atoms with Gasteiger partial charge in [-0.05, 0) is 108 Å². The first-order chi connectivity index (χ1) is 54.8. The van der Waals surface area contributed by atoms with Gasteiger partial charge in [-0.3, -0.25) is 101 Å². The van der Waals surface area contributed by atoms with E-state index in [1.165, 1.54) is 39.5 Å². The fourth-order valence-corrected chi connectivity index (χ4v) is 11.5. The Morgan fingerprint density at radius 1 is 0.402 bits per heavy atom. The average Bonchev–Trinajstić information content (AvgIpc) is 0.849. The number of hydrogen-bond acceptors (Lipinski definition) is 27. The van der Waals surface area contributed by atoms with Crippen molar-refractivity contribution in [3.8, 4) is 0 Å². The molecule has 0 saturated heterocycles. The molecule has 49 heteroatoms. The van der Waals surface area contributed by atoms with Gasteiger partial charge in [-0.25, -0.2) is 0 Å². The molecule has 0 aliphatic heterocycles. The van der Waals surface area contributed by atoms with Crippen LogP contribution in [0.25, 0.3) is 0 Å². The molecule has 117 heavy (non-hydrogen) atoms. The number of rotatable bonds is 60. The number of aliphatic imine (C=N–C) groups is 1. The van der Waals surface area contributed by atoms with Crippen molar-refractivity contribution >= 4 is 148 Å². The number of carboxylic acids is 2. The van der Waals surface area contributed by atoms with Gasteiger partial charge in [-0.15, -0.1) is 11.8 Å². The number of nitrogens with one attached hydrogen (secondary N) is 16. The molecule has 0 aliphatic rings. The minimum Gasteiger partial charge on any atom is -0.481 e. The first-order valence-electron chi connectivity index (χ1n) is 37.3. The van der Waals surface area contributed by atoms with Gasteiger partial charge in [-0.1, -0.05) is 41.5 Å². The lowest BCUT2D eigenvalue weighted by atomic mass is 9.99. The quantitative estimate of drug-likeness (QED) is 0.0153. The van der Waals surface area contributed by atoms with Crippen molar-refractivity contribution in [2.24, 2.45) is 57.1 Å². The number of thioether (sulfide) groups is 2. The Labute approximate surface area is 684 Å². The Kier molecular flexibility index (Phi) is 52.0. The number of carbonyl (C=O) groups is 20. The lowest BCUT2D eigenvalue weighted by Crippen LogP contribution is -2.61. The summed E-state index contributed by atoms with van der Waals surface area (Å²) in [5.74, 6) is -22.4. The van der Waals surface area contributed by atoms with E-state index in [9.17, 15) is 116 Å². The van der Waals surface area contributed by atoms with Gasteiger partial charge in [0.15, 0.2) is 5.96 Å². The predicted molar refractivity (Wildman–Crippen MR) is 423 cm³/mol. The molecule has 0 unspecified atom stereocenters. The summed E-state index contributed by atoms with van der Waals surface area (Å²) in [4.78, 5) is 265. The zero-order chi connectivity index (χ0) is 89.4. The third-order valence-corrected chi connectivity index (χ3v) is 18.1. The highest BCUT2D eigenvalue weighted by atomic mass is 32.2. The maximum absolute atomic E-state index is 14.0. The number of hydrogen-bond donors (Lipinski definition) is 26. The summed E-state index contributed by atoms with van der Waals surface area (Å²) >= 11 is 2.37. The third-order valence-electron chi connectivity index (χ3n) is 16.4. The van der Waals surface area contributed by atoms with E-state index in [4.69, 9.17) is 34.4 Å². The van der Waals surface area contributed by atoms with E-state index in [0.717, 1.165) is 11.8 Å². The van der Waals surface area contributed by atoms with Crippen LogP contribution in [0, 0.1) is 17.8 Å². The monoisotopic (exact) mass is 1710 g/mol. The topological polar surface area (TPSA) is 783 Å². The molecule has 0 spiro atoms. The third kappa shape index (κ3) is 45.9. The standard InChI is InChI=1S/C68H119N23O24S2/c1-32(2)21-41(63(111)87-43(23-53(101)102)65(113)85-38(13-10-11-18-69)59(107)79-27-51(98)83-46(55(72)103)30-117-31-47(71)94)86-62(110)40(15-16-52(99)100)82-50(97)25-76-48(95)24-78-60(108)44(28-92)90-64(112)42(22-33(3)4)88-67(115)54(34(5)6)91-66(114)45(29-93)89-57(105)36(8)81-61(109)39(14-12-19-75-68(73)74)84-56(104)35(7)80-49(96)26-77-58(106)37(70)17-20-116-9/h32-46,54,92-93H,10-31,69-70H2,1-9H3,(H2,71,94)(H2,72,103)(H,76,95)(H,77,106)(H,78,108)(H,79,107)(H,80,96)(H,81,109)(H,82,97)(H,83,98)(H,84,104)(H,85,113)(H,86,110)(H,87,111)(H,88,115)(H,89,105)(H,90,112)(H,91,114)(H,99,100)(H,101,102)(H4,73,74,75)/t35-,36-,37-,38-,39-,40-,41-,42-,43-,44-,45-,46-,54-/m0/s1. The number of primary amides is 2. The molecule has 18 amide bonds. The van der Waals surface area contributed by atoms with Crippen LogP contribution in [0.1, 0.15) is 126 Å². The molecule has 0 saturated carbocycles. The van der Waals surface area contributed by atoms with Gasteiger partial charge in [0, 0.05) is 18.7 Å². The van der Waals surface area contributed by atoms with E-state index in [-0.39, 0.29) is 75.0 Å². The Bertz CT molecular complexity index is 3430. The molecule has 662 valence electrons. The molecule has 0 radical (unpaired) electrons. The molecule has 0 rings (SSSR count). The number of unbranched alkanes of at least 4 members (excludes halogenated alkanes) is 1. The van der Waals surface area contributed by atoms with Gasteiger partial charge in [0.25, 0.3) is 0 Å². The van der Waals surface area contributed by atoms with Crippen LogP contribution in [0.4, 0.5) is 0 Å². The highest BCUT2D eigenvalue weighted by Crippen LogP contribution is 2.13. The Hall–Kier alpha value is -10.8. The number of nitrogens with two attached hydrogens (primary N) is 6. The molecule has 0 aliphatic carbocycles. The number of guanidine groups is 1. The number of aliphatic hydroxyl groups excluding tert-OH is 2. The second-order valence-corrected chi connectivity index (χ2v) is 30.0. The summed E-state index contributed by atoms with van der Waals surface area (Å²) in [7, 11) is 0. The van der Waals surface area contributed by atoms with Crippen molar-refractivity contribution < 1.29 is 116 Å². The minimum absolute atomic E-state index is 0.00944. The number of aliphatic carboxylic acids is 2. The average molecular weight is 1710 g/mol. The smallest absolute Gasteiger partial charge is 0.305 e. The Morgan fingerprint density at radius 3 is 1.32 bits per heavy atom. The number of amides is 18. The molecule has 0 heterocycles. The Balaban J connectivity index is 6.19. The number of nitrogens with zero attached hydrogens (tertiary/aromatic N) is 1. The van der Waals surface area contributed by atoms with E-state index in [0.29, 0.717) is 18.6 Å². The minimum atomic E-state index is -1.94. The summed E-state index contributed by atoms with van der Waals surface area (Å²) in [6.07, 6.45) is -0.178. The molecule has 0 aromatic rings. The van der Waals surface area contributed by atoms with Gasteiger partial charge in [0.05, 0.1) is 57.6 Å². The normalized spacial score (nSPS) is 14.3. The van der Waals surface area contributed by atoms with Crippen LogP contribution in [-0.2, 0) is 95.9 Å². The molecular formula is C68H119N23O24S2. The summed E-state index contributed by atoms with van der Waals surface area (Å²) in [5.41, 5.74) is 32.8.